The number of aromatic nitrogens is 1. The Bertz CT molecular complexity index is 1340. The minimum Gasteiger partial charge on any atom is -0.496 e. The van der Waals surface area contributed by atoms with E-state index in [-0.39, 0.29) is 18.4 Å². The predicted octanol–water partition coefficient (Wildman–Crippen LogP) is 4.05. The number of fused-ring (bicyclic) bond motifs is 1. The van der Waals surface area contributed by atoms with Gasteiger partial charge in [0.15, 0.2) is 0 Å². The van der Waals surface area contributed by atoms with Crippen molar-refractivity contribution in [3.8, 4) is 5.75 Å². The van der Waals surface area contributed by atoms with Crippen molar-refractivity contribution in [2.75, 3.05) is 34.9 Å². The van der Waals surface area contributed by atoms with Crippen molar-refractivity contribution in [3.63, 3.8) is 0 Å². The van der Waals surface area contributed by atoms with Crippen molar-refractivity contribution < 1.29 is 23.9 Å². The highest BCUT2D eigenvalue weighted by molar-refractivity contribution is 5.98. The number of hydrogen-bond donors (Lipinski definition) is 1. The van der Waals surface area contributed by atoms with E-state index in [4.69, 9.17) is 9.47 Å². The largest absolute Gasteiger partial charge is 0.496 e. The van der Waals surface area contributed by atoms with E-state index in [1.165, 1.54) is 7.11 Å². The highest BCUT2D eigenvalue weighted by atomic mass is 16.5. The van der Waals surface area contributed by atoms with Gasteiger partial charge in [0, 0.05) is 49.7 Å². The lowest BCUT2D eigenvalue weighted by molar-refractivity contribution is -0.129. The van der Waals surface area contributed by atoms with Crippen LogP contribution in [0.2, 0.25) is 0 Å². The zero-order valence-electron chi connectivity index (χ0n) is 22.4. The Morgan fingerprint density at radius 3 is 2.46 bits per heavy atom. The van der Waals surface area contributed by atoms with Crippen LogP contribution in [0, 0.1) is 0 Å². The number of nitrogens with one attached hydrogen (secondary N) is 1. The first-order valence-electron chi connectivity index (χ1n) is 12.2. The van der Waals surface area contributed by atoms with Crippen LogP contribution in [-0.2, 0) is 27.3 Å². The number of carbonyl (C=O) groups excluding carboxylic acids is 3. The van der Waals surface area contributed by atoms with Gasteiger partial charge in [-0.25, -0.2) is 4.79 Å². The van der Waals surface area contributed by atoms with E-state index in [1.54, 1.807) is 45.2 Å². The zero-order valence-corrected chi connectivity index (χ0v) is 22.4. The number of amides is 2. The Morgan fingerprint density at radius 2 is 1.81 bits per heavy atom. The molecule has 2 aromatic carbocycles. The third-order valence-corrected chi connectivity index (χ3v) is 6.16. The molecule has 0 saturated carbocycles. The van der Waals surface area contributed by atoms with Crippen molar-refractivity contribution in [2.24, 2.45) is 0 Å². The lowest BCUT2D eigenvalue weighted by Gasteiger charge is -2.11. The quantitative estimate of drug-likeness (QED) is 0.332. The summed E-state index contributed by atoms with van der Waals surface area (Å²) in [4.78, 5) is 38.4. The lowest BCUT2D eigenvalue weighted by Crippen LogP contribution is -2.25. The molecule has 0 bridgehead atoms. The van der Waals surface area contributed by atoms with E-state index in [0.717, 1.165) is 34.0 Å². The van der Waals surface area contributed by atoms with E-state index in [2.05, 4.69) is 5.32 Å². The summed E-state index contributed by atoms with van der Waals surface area (Å²) in [5, 5.41) is 3.87. The Labute approximate surface area is 217 Å². The second-order valence-corrected chi connectivity index (χ2v) is 9.13. The molecule has 0 saturated heterocycles. The molecule has 0 aliphatic carbocycles. The second-order valence-electron chi connectivity index (χ2n) is 9.13. The van der Waals surface area contributed by atoms with Crippen molar-refractivity contribution in [1.29, 1.82) is 0 Å². The fraction of sp³-hybridized carbons (Fsp3) is 0.345. The molecule has 37 heavy (non-hydrogen) atoms. The van der Waals surface area contributed by atoms with Crippen LogP contribution in [0.25, 0.3) is 17.0 Å². The van der Waals surface area contributed by atoms with Gasteiger partial charge in [0.05, 0.1) is 19.8 Å². The first-order chi connectivity index (χ1) is 17.7. The number of likely N-dealkylation sites (N-methyl/N-ethyl adjacent to an activating group) is 1. The van der Waals surface area contributed by atoms with E-state index >= 15 is 0 Å². The smallest absolute Gasteiger partial charge is 0.337 e. The van der Waals surface area contributed by atoms with E-state index in [9.17, 15) is 14.4 Å². The number of ether oxygens (including phenoxy) is 2. The molecular weight excluding hydrogens is 470 g/mol. The summed E-state index contributed by atoms with van der Waals surface area (Å²) in [5.41, 5.74) is 4.73. The normalized spacial score (nSPS) is 11.4. The van der Waals surface area contributed by atoms with Crippen LogP contribution >= 0.6 is 0 Å². The average molecular weight is 506 g/mol. The summed E-state index contributed by atoms with van der Waals surface area (Å²) in [5.74, 6) is 0.0358. The van der Waals surface area contributed by atoms with Gasteiger partial charge in [0.1, 0.15) is 12.3 Å². The van der Waals surface area contributed by atoms with Gasteiger partial charge in [0.2, 0.25) is 11.8 Å². The molecule has 3 rings (SSSR count). The summed E-state index contributed by atoms with van der Waals surface area (Å²) in [6.45, 7) is 4.64. The van der Waals surface area contributed by atoms with Crippen LogP contribution in [-0.4, -0.2) is 62.1 Å². The van der Waals surface area contributed by atoms with Crippen molar-refractivity contribution in [3.05, 3.63) is 70.4 Å². The maximum Gasteiger partial charge on any atom is 0.337 e. The summed E-state index contributed by atoms with van der Waals surface area (Å²) in [6.07, 6.45) is 5.24. The Balaban J connectivity index is 2.06. The summed E-state index contributed by atoms with van der Waals surface area (Å²) < 4.78 is 12.3. The van der Waals surface area contributed by atoms with Crippen molar-refractivity contribution in [1.82, 2.24) is 14.8 Å². The number of methoxy groups -OCH3 is 2. The van der Waals surface area contributed by atoms with Crippen LogP contribution in [0.5, 0.6) is 5.75 Å². The second kappa shape index (κ2) is 12.3. The van der Waals surface area contributed by atoms with Gasteiger partial charge in [-0.1, -0.05) is 19.1 Å². The summed E-state index contributed by atoms with van der Waals surface area (Å²) in [6, 6.07) is 11.2. The van der Waals surface area contributed by atoms with Gasteiger partial charge < -0.3 is 24.3 Å². The molecule has 1 heterocycles. The minimum atomic E-state index is -0.432. The summed E-state index contributed by atoms with van der Waals surface area (Å²) in [7, 11) is 6.37. The molecular formula is C29H35N3O5. The molecule has 0 fully saturated rings. The maximum atomic E-state index is 12.5. The van der Waals surface area contributed by atoms with Crippen molar-refractivity contribution >= 4 is 34.8 Å². The van der Waals surface area contributed by atoms with E-state index in [1.807, 2.05) is 48.0 Å². The maximum absolute atomic E-state index is 12.5. The minimum absolute atomic E-state index is 0.0177. The molecule has 0 aliphatic rings. The van der Waals surface area contributed by atoms with Gasteiger partial charge in [-0.05, 0) is 60.4 Å². The molecule has 0 aliphatic heterocycles. The van der Waals surface area contributed by atoms with E-state index < -0.39 is 5.97 Å². The molecule has 196 valence electrons. The molecule has 8 heteroatoms. The number of nitrogens with zero attached hydrogens (tertiary/aromatic N) is 2. The standard InChI is InChI=1S/C29H35N3O5/c1-7-12-30-28(34)19(2)13-20-8-11-25-24(14-20)23(17-32(25)18-27(33)31(3)4)15-21-9-10-22(29(35)37-6)16-26(21)36-5/h8-11,13-14,16-17H,7,12,15,18H2,1-6H3,(H,30,34)/b19-13-. The topological polar surface area (TPSA) is 89.9 Å². The fourth-order valence-electron chi connectivity index (χ4n) is 4.07. The van der Waals surface area contributed by atoms with Gasteiger partial charge in [-0.2, -0.15) is 0 Å². The van der Waals surface area contributed by atoms with Crippen LogP contribution < -0.4 is 10.1 Å². The molecule has 8 nitrogen and oxygen atoms in total. The first kappa shape index (κ1) is 27.5. The van der Waals surface area contributed by atoms with Crippen LogP contribution in [0.4, 0.5) is 0 Å². The van der Waals surface area contributed by atoms with E-state index in [0.29, 0.717) is 29.9 Å². The zero-order chi connectivity index (χ0) is 27.1. The Hall–Kier alpha value is -4.07. The third-order valence-electron chi connectivity index (χ3n) is 6.16. The van der Waals surface area contributed by atoms with Crippen LogP contribution in [0.3, 0.4) is 0 Å². The van der Waals surface area contributed by atoms with Crippen LogP contribution in [0.1, 0.15) is 47.3 Å². The van der Waals surface area contributed by atoms with Gasteiger partial charge in [-0.3, -0.25) is 9.59 Å². The SMILES string of the molecule is CCCNC(=O)/C(C)=C\c1ccc2c(c1)c(Cc1ccc(C(=O)OC)cc1OC)cn2CC(=O)N(C)C. The monoisotopic (exact) mass is 505 g/mol. The fourth-order valence-corrected chi connectivity index (χ4v) is 4.07. The molecule has 0 spiro atoms. The average Bonchev–Trinajstić information content (AvgIpc) is 3.22. The molecule has 1 N–H and O–H groups in total. The van der Waals surface area contributed by atoms with Crippen molar-refractivity contribution in [2.45, 2.75) is 33.2 Å². The van der Waals surface area contributed by atoms with Crippen LogP contribution in [0.15, 0.2) is 48.2 Å². The van der Waals surface area contributed by atoms with Gasteiger partial charge >= 0.3 is 5.97 Å². The molecule has 0 atom stereocenters. The molecule has 1 aromatic heterocycles. The Kier molecular flexibility index (Phi) is 9.11. The highest BCUT2D eigenvalue weighted by Crippen LogP contribution is 2.30. The van der Waals surface area contributed by atoms with Gasteiger partial charge in [-0.15, -0.1) is 0 Å². The molecule has 0 unspecified atom stereocenters. The number of benzene rings is 2. The first-order valence-corrected chi connectivity index (χ1v) is 12.2. The summed E-state index contributed by atoms with van der Waals surface area (Å²) >= 11 is 0. The molecule has 0 radical (unpaired) electrons. The predicted molar refractivity (Wildman–Crippen MR) is 145 cm³/mol. The Morgan fingerprint density at radius 1 is 1.05 bits per heavy atom. The molecule has 2 amide bonds. The molecule has 3 aromatic rings. The lowest BCUT2D eigenvalue weighted by atomic mass is 10.00. The number of carbonyl (C=O) groups is 3. The third kappa shape index (κ3) is 6.58. The van der Waals surface area contributed by atoms with Gasteiger partial charge in [0.25, 0.3) is 0 Å². The number of esters is 1. The highest BCUT2D eigenvalue weighted by Gasteiger charge is 2.16. The number of hydrogen-bond acceptors (Lipinski definition) is 5. The number of rotatable bonds is 10.